The van der Waals surface area contributed by atoms with Crippen molar-refractivity contribution < 1.29 is 14.3 Å². The molecule has 0 aromatic heterocycles. The van der Waals surface area contributed by atoms with E-state index < -0.39 is 0 Å². The average molecular weight is 116 g/mol. The third-order valence-corrected chi connectivity index (χ3v) is 1.16. The first-order valence-corrected chi connectivity index (χ1v) is 2.48. The number of Topliss-reactive ketones (excluding diaryl/α,β-unsaturated/α-hetero) is 1. The maximum absolute atomic E-state index is 10.6. The molecule has 0 bridgehead atoms. The molecular formula is C5H8O3. The van der Waals surface area contributed by atoms with Gasteiger partial charge in [-0.05, 0) is 0 Å². The quantitative estimate of drug-likeness (QED) is 0.467. The molecule has 46 valence electrons. The van der Waals surface area contributed by atoms with Crippen LogP contribution in [0.3, 0.4) is 0 Å². The maximum Gasteiger partial charge on any atom is 0.189 e. The third-order valence-electron chi connectivity index (χ3n) is 1.16. The zero-order valence-electron chi connectivity index (χ0n) is 4.72. The first kappa shape index (κ1) is 5.72. The highest BCUT2D eigenvalue weighted by molar-refractivity contribution is 5.85. The van der Waals surface area contributed by atoms with Gasteiger partial charge in [-0.3, -0.25) is 4.79 Å². The fourth-order valence-electron chi connectivity index (χ4n) is 0.652. The minimum atomic E-state index is -0.296. The Hall–Kier alpha value is -0.410. The molecule has 3 heteroatoms. The van der Waals surface area contributed by atoms with Crippen molar-refractivity contribution in [3.63, 3.8) is 0 Å². The molecule has 0 spiro atoms. The Morgan fingerprint density at radius 2 is 2.62 bits per heavy atom. The summed E-state index contributed by atoms with van der Waals surface area (Å²) in [6.45, 7) is 0.647. The van der Waals surface area contributed by atoms with E-state index in [1.54, 1.807) is 0 Å². The molecule has 1 atom stereocenters. The topological polar surface area (TPSA) is 35.5 Å². The van der Waals surface area contributed by atoms with Crippen LogP contribution in [0.2, 0.25) is 0 Å². The van der Waals surface area contributed by atoms with Crippen LogP contribution in [0.25, 0.3) is 0 Å². The number of ketones is 1. The van der Waals surface area contributed by atoms with Crippen LogP contribution in [-0.4, -0.2) is 32.2 Å². The zero-order chi connectivity index (χ0) is 5.98. The van der Waals surface area contributed by atoms with Crippen LogP contribution in [-0.2, 0) is 14.3 Å². The van der Waals surface area contributed by atoms with Crippen molar-refractivity contribution >= 4 is 5.78 Å². The van der Waals surface area contributed by atoms with Gasteiger partial charge in [-0.25, -0.2) is 0 Å². The first-order valence-electron chi connectivity index (χ1n) is 2.48. The molecule has 1 aliphatic rings. The lowest BCUT2D eigenvalue weighted by Gasteiger charge is -1.99. The van der Waals surface area contributed by atoms with Crippen molar-refractivity contribution in [2.75, 3.05) is 20.3 Å². The number of carbonyl (C=O) groups excluding carboxylic acids is 1. The molecule has 0 aliphatic carbocycles. The van der Waals surface area contributed by atoms with Crippen molar-refractivity contribution in [1.82, 2.24) is 0 Å². The Balaban J connectivity index is 2.42. The van der Waals surface area contributed by atoms with Crippen LogP contribution in [0, 0.1) is 0 Å². The van der Waals surface area contributed by atoms with Gasteiger partial charge in [-0.15, -0.1) is 0 Å². The zero-order valence-corrected chi connectivity index (χ0v) is 4.72. The lowest BCUT2D eigenvalue weighted by molar-refractivity contribution is -0.124. The van der Waals surface area contributed by atoms with Crippen LogP contribution in [0.1, 0.15) is 0 Å². The van der Waals surface area contributed by atoms with E-state index in [1.807, 2.05) is 0 Å². The molecule has 0 radical (unpaired) electrons. The van der Waals surface area contributed by atoms with Crippen LogP contribution >= 0.6 is 0 Å². The van der Waals surface area contributed by atoms with Gasteiger partial charge in [-0.2, -0.15) is 0 Å². The highest BCUT2D eigenvalue weighted by Gasteiger charge is 2.24. The van der Waals surface area contributed by atoms with Gasteiger partial charge in [0, 0.05) is 7.11 Å². The SMILES string of the molecule is COC1COCC1=O. The number of methoxy groups -OCH3 is 1. The van der Waals surface area contributed by atoms with Gasteiger partial charge in [0.05, 0.1) is 6.61 Å². The van der Waals surface area contributed by atoms with Crippen molar-refractivity contribution in [1.29, 1.82) is 0 Å². The summed E-state index contributed by atoms with van der Waals surface area (Å²) in [5, 5.41) is 0. The van der Waals surface area contributed by atoms with E-state index >= 15 is 0 Å². The van der Waals surface area contributed by atoms with Gasteiger partial charge in [0.1, 0.15) is 12.7 Å². The Labute approximate surface area is 47.6 Å². The lowest BCUT2D eigenvalue weighted by Crippen LogP contribution is -2.19. The third kappa shape index (κ3) is 0.877. The second kappa shape index (κ2) is 2.24. The minimum Gasteiger partial charge on any atom is -0.371 e. The smallest absolute Gasteiger partial charge is 0.189 e. The van der Waals surface area contributed by atoms with E-state index in [-0.39, 0.29) is 18.5 Å². The Kier molecular flexibility index (Phi) is 1.60. The summed E-state index contributed by atoms with van der Waals surface area (Å²) in [5.41, 5.74) is 0. The van der Waals surface area contributed by atoms with Crippen LogP contribution in [0.15, 0.2) is 0 Å². The first-order chi connectivity index (χ1) is 3.84. The Morgan fingerprint density at radius 1 is 1.88 bits per heavy atom. The normalized spacial score (nSPS) is 29.1. The van der Waals surface area contributed by atoms with Crippen molar-refractivity contribution in [3.8, 4) is 0 Å². The summed E-state index contributed by atoms with van der Waals surface area (Å²) in [5.74, 6) is 0.0486. The van der Waals surface area contributed by atoms with Crippen molar-refractivity contribution in [3.05, 3.63) is 0 Å². The van der Waals surface area contributed by atoms with Gasteiger partial charge in [0.15, 0.2) is 5.78 Å². The molecule has 0 N–H and O–H groups in total. The molecule has 0 amide bonds. The predicted molar refractivity (Wildman–Crippen MR) is 26.6 cm³/mol. The molecule has 0 aromatic rings. The largest absolute Gasteiger partial charge is 0.371 e. The van der Waals surface area contributed by atoms with Crippen molar-refractivity contribution in [2.45, 2.75) is 6.10 Å². The standard InChI is InChI=1S/C5H8O3/c1-7-5-3-8-2-4(5)6/h5H,2-3H2,1H3. The lowest BCUT2D eigenvalue weighted by atomic mass is 10.3. The molecule has 8 heavy (non-hydrogen) atoms. The summed E-state index contributed by atoms with van der Waals surface area (Å²) in [6, 6.07) is 0. The van der Waals surface area contributed by atoms with E-state index in [9.17, 15) is 4.79 Å². The molecule has 1 aliphatic heterocycles. The highest BCUT2D eigenvalue weighted by atomic mass is 16.5. The van der Waals surface area contributed by atoms with E-state index in [1.165, 1.54) is 7.11 Å². The summed E-state index contributed by atoms with van der Waals surface area (Å²) in [7, 11) is 1.51. The molecule has 0 saturated carbocycles. The van der Waals surface area contributed by atoms with E-state index in [0.29, 0.717) is 6.61 Å². The molecule has 1 heterocycles. The van der Waals surface area contributed by atoms with Gasteiger partial charge in [0.2, 0.25) is 0 Å². The van der Waals surface area contributed by atoms with Gasteiger partial charge < -0.3 is 9.47 Å². The van der Waals surface area contributed by atoms with Crippen LogP contribution < -0.4 is 0 Å². The van der Waals surface area contributed by atoms with Gasteiger partial charge in [-0.1, -0.05) is 0 Å². The van der Waals surface area contributed by atoms with E-state index in [0.717, 1.165) is 0 Å². The van der Waals surface area contributed by atoms with E-state index in [4.69, 9.17) is 9.47 Å². The van der Waals surface area contributed by atoms with Crippen LogP contribution in [0.4, 0.5) is 0 Å². The fraction of sp³-hybridized carbons (Fsp3) is 0.800. The summed E-state index contributed by atoms with van der Waals surface area (Å²) in [6.07, 6.45) is -0.296. The fourth-order valence-corrected chi connectivity index (χ4v) is 0.652. The molecule has 1 fully saturated rings. The van der Waals surface area contributed by atoms with Crippen LogP contribution in [0.5, 0.6) is 0 Å². The monoisotopic (exact) mass is 116 g/mol. The van der Waals surface area contributed by atoms with Gasteiger partial charge >= 0.3 is 0 Å². The van der Waals surface area contributed by atoms with E-state index in [2.05, 4.69) is 0 Å². The number of rotatable bonds is 1. The Bertz CT molecular complexity index is 99.8. The number of hydrogen-bond acceptors (Lipinski definition) is 3. The van der Waals surface area contributed by atoms with Crippen molar-refractivity contribution in [2.24, 2.45) is 0 Å². The predicted octanol–water partition coefficient (Wildman–Crippen LogP) is -0.399. The van der Waals surface area contributed by atoms with Gasteiger partial charge in [0.25, 0.3) is 0 Å². The Morgan fingerprint density at radius 3 is 2.88 bits per heavy atom. The summed E-state index contributed by atoms with van der Waals surface area (Å²) < 4.78 is 9.53. The molecule has 3 nitrogen and oxygen atoms in total. The molecule has 1 saturated heterocycles. The maximum atomic E-state index is 10.6. The highest BCUT2D eigenvalue weighted by Crippen LogP contribution is 2.01. The molecular weight excluding hydrogens is 108 g/mol. The second-order valence-electron chi connectivity index (χ2n) is 1.71. The minimum absolute atomic E-state index is 0.0486. The summed E-state index contributed by atoms with van der Waals surface area (Å²) >= 11 is 0. The number of carbonyl (C=O) groups is 1. The average Bonchev–Trinajstić information content (AvgIpc) is 2.14. The second-order valence-corrected chi connectivity index (χ2v) is 1.71. The molecule has 1 unspecified atom stereocenters. The summed E-state index contributed by atoms with van der Waals surface area (Å²) in [4.78, 5) is 10.6. The molecule has 0 aromatic carbocycles. The number of ether oxygens (including phenoxy) is 2. The molecule has 1 rings (SSSR count). The number of hydrogen-bond donors (Lipinski definition) is 0.